The monoisotopic (exact) mass is 424 g/mol. The number of carbonyl (C=O) groups excluding carboxylic acids is 1. The number of quaternary nitrogens is 1. The molecule has 6 nitrogen and oxygen atoms in total. The summed E-state index contributed by atoms with van der Waals surface area (Å²) in [5.74, 6) is 1.80. The van der Waals surface area contributed by atoms with Crippen LogP contribution in [0.1, 0.15) is 29.5 Å². The van der Waals surface area contributed by atoms with E-state index >= 15 is 0 Å². The molecular formula is C23H26N3O3S+. The number of likely N-dealkylation sites (tertiary alicyclic amines) is 1. The van der Waals surface area contributed by atoms with Gasteiger partial charge in [0.2, 0.25) is 0 Å². The third-order valence-corrected chi connectivity index (χ3v) is 6.99. The van der Waals surface area contributed by atoms with Crippen LogP contribution in [0.3, 0.4) is 0 Å². The van der Waals surface area contributed by atoms with Crippen LogP contribution >= 0.6 is 11.3 Å². The van der Waals surface area contributed by atoms with Crippen molar-refractivity contribution in [3.63, 3.8) is 0 Å². The lowest BCUT2D eigenvalue weighted by Crippen LogP contribution is -3.11. The number of hydrogen-bond donors (Lipinski definition) is 1. The maximum Gasteiger partial charge on any atom is 0.277 e. The summed E-state index contributed by atoms with van der Waals surface area (Å²) in [5.41, 5.74) is 2.23. The number of thiazole rings is 1. The number of benzene rings is 2. The van der Waals surface area contributed by atoms with Crippen LogP contribution in [-0.4, -0.2) is 49.1 Å². The molecule has 5 rings (SSSR count). The highest BCUT2D eigenvalue weighted by Gasteiger charge is 2.33. The summed E-state index contributed by atoms with van der Waals surface area (Å²) >= 11 is 1.66. The van der Waals surface area contributed by atoms with E-state index in [0.29, 0.717) is 32.3 Å². The van der Waals surface area contributed by atoms with Crippen molar-refractivity contribution in [1.82, 2.24) is 9.88 Å². The van der Waals surface area contributed by atoms with E-state index in [4.69, 9.17) is 9.47 Å². The average Bonchev–Trinajstić information content (AvgIpc) is 3.39. The average molecular weight is 425 g/mol. The smallest absolute Gasteiger partial charge is 0.277 e. The second-order valence-corrected chi connectivity index (χ2v) is 9.12. The van der Waals surface area contributed by atoms with Gasteiger partial charge in [0.15, 0.2) is 18.0 Å². The summed E-state index contributed by atoms with van der Waals surface area (Å²) in [5, 5.41) is 0.979. The highest BCUT2D eigenvalue weighted by molar-refractivity contribution is 7.18. The first kappa shape index (κ1) is 19.3. The molecule has 1 saturated heterocycles. The number of amides is 1. The first-order chi connectivity index (χ1) is 14.7. The highest BCUT2D eigenvalue weighted by Crippen LogP contribution is 2.33. The quantitative estimate of drug-likeness (QED) is 0.684. The van der Waals surface area contributed by atoms with Crippen molar-refractivity contribution in [3.8, 4) is 11.5 Å². The maximum absolute atomic E-state index is 13.0. The van der Waals surface area contributed by atoms with Gasteiger partial charge in [-0.1, -0.05) is 12.1 Å². The molecule has 3 heterocycles. The molecule has 1 N–H and O–H groups in total. The zero-order chi connectivity index (χ0) is 20.5. The molecule has 0 radical (unpaired) electrons. The zero-order valence-electron chi connectivity index (χ0n) is 17.1. The van der Waals surface area contributed by atoms with Crippen molar-refractivity contribution in [2.75, 3.05) is 33.4 Å². The number of fused-ring (bicyclic) bond motifs is 2. The Balaban J connectivity index is 1.25. The van der Waals surface area contributed by atoms with Gasteiger partial charge in [-0.25, -0.2) is 4.98 Å². The van der Waals surface area contributed by atoms with Gasteiger partial charge in [-0.3, -0.25) is 4.79 Å². The summed E-state index contributed by atoms with van der Waals surface area (Å²) in [6.07, 6.45) is 2.22. The van der Waals surface area contributed by atoms with Gasteiger partial charge in [-0.2, -0.15) is 0 Å². The minimum absolute atomic E-state index is 0.161. The lowest BCUT2D eigenvalue weighted by molar-refractivity contribution is -0.910. The fourth-order valence-electron chi connectivity index (χ4n) is 4.41. The Labute approximate surface area is 180 Å². The van der Waals surface area contributed by atoms with Crippen LogP contribution in [0.2, 0.25) is 0 Å². The van der Waals surface area contributed by atoms with Crippen molar-refractivity contribution >= 4 is 27.5 Å². The number of carbonyl (C=O) groups is 1. The number of ether oxygens (including phenoxy) is 2. The van der Waals surface area contributed by atoms with Crippen LogP contribution in [-0.2, 0) is 11.3 Å². The minimum Gasteiger partial charge on any atom is -0.486 e. The molecule has 2 aliphatic heterocycles. The largest absolute Gasteiger partial charge is 0.486 e. The Hall–Kier alpha value is -2.64. The molecule has 1 fully saturated rings. The van der Waals surface area contributed by atoms with Crippen LogP contribution in [0.25, 0.3) is 10.2 Å². The Morgan fingerprint density at radius 3 is 2.90 bits per heavy atom. The van der Waals surface area contributed by atoms with Gasteiger partial charge in [0, 0.05) is 25.5 Å². The minimum atomic E-state index is 0.161. The molecule has 2 aliphatic rings. The molecule has 7 heteroatoms. The SMILES string of the molecule is CN(Cc1nc2ccccc2s1)C(=O)C[NH+]1CCC[C@H]1c1ccc2c(c1)OCCO2. The number of nitrogens with one attached hydrogen (secondary N) is 1. The molecule has 2 atom stereocenters. The summed E-state index contributed by atoms with van der Waals surface area (Å²) in [6, 6.07) is 14.7. The summed E-state index contributed by atoms with van der Waals surface area (Å²) in [6.45, 7) is 3.26. The molecular weight excluding hydrogens is 398 g/mol. The first-order valence-corrected chi connectivity index (χ1v) is 11.3. The van der Waals surface area contributed by atoms with Gasteiger partial charge in [0.05, 0.1) is 23.3 Å². The third kappa shape index (κ3) is 3.87. The van der Waals surface area contributed by atoms with Gasteiger partial charge < -0.3 is 19.3 Å². The predicted octanol–water partition coefficient (Wildman–Crippen LogP) is 2.45. The summed E-state index contributed by atoms with van der Waals surface area (Å²) in [4.78, 5) is 20.8. The molecule has 30 heavy (non-hydrogen) atoms. The van der Waals surface area contributed by atoms with Crippen LogP contribution in [0.5, 0.6) is 11.5 Å². The molecule has 3 aromatic rings. The highest BCUT2D eigenvalue weighted by atomic mass is 32.1. The standard InChI is InChI=1S/C23H25N3O3S/c1-25(14-22-24-17-5-2-3-7-21(17)30-22)23(27)15-26-10-4-6-18(26)16-8-9-19-20(13-16)29-12-11-28-19/h2-3,5,7-9,13,18H,4,6,10-12,14-15H2,1H3/p+1/t18-/m0/s1. The van der Waals surface area contributed by atoms with Crippen LogP contribution in [0, 0.1) is 0 Å². The lowest BCUT2D eigenvalue weighted by atomic mass is 10.0. The number of para-hydroxylation sites is 1. The third-order valence-electron chi connectivity index (χ3n) is 5.97. The second kappa shape index (κ2) is 8.24. The van der Waals surface area contributed by atoms with Crippen molar-refractivity contribution in [3.05, 3.63) is 53.0 Å². The lowest BCUT2D eigenvalue weighted by Gasteiger charge is -2.25. The number of hydrogen-bond acceptors (Lipinski definition) is 5. The molecule has 1 amide bonds. The van der Waals surface area contributed by atoms with E-state index in [1.807, 2.05) is 36.2 Å². The molecule has 2 aromatic carbocycles. The molecule has 0 bridgehead atoms. The van der Waals surface area contributed by atoms with Crippen LogP contribution in [0.15, 0.2) is 42.5 Å². The van der Waals surface area contributed by atoms with Gasteiger partial charge in [-0.15, -0.1) is 11.3 Å². The number of aromatic nitrogens is 1. The Morgan fingerprint density at radius 2 is 2.03 bits per heavy atom. The van der Waals surface area contributed by atoms with Crippen molar-refractivity contribution in [2.45, 2.75) is 25.4 Å². The van der Waals surface area contributed by atoms with Crippen molar-refractivity contribution < 1.29 is 19.2 Å². The number of rotatable bonds is 5. The first-order valence-electron chi connectivity index (χ1n) is 10.5. The molecule has 0 saturated carbocycles. The maximum atomic E-state index is 13.0. The molecule has 0 aliphatic carbocycles. The van der Waals surface area contributed by atoms with Crippen LogP contribution < -0.4 is 14.4 Å². The van der Waals surface area contributed by atoms with E-state index in [9.17, 15) is 4.79 Å². The fraction of sp³-hybridized carbons (Fsp3) is 0.391. The predicted molar refractivity (Wildman–Crippen MR) is 116 cm³/mol. The van der Waals surface area contributed by atoms with E-state index in [0.717, 1.165) is 46.1 Å². The molecule has 1 aromatic heterocycles. The van der Waals surface area contributed by atoms with E-state index in [-0.39, 0.29) is 5.91 Å². The van der Waals surface area contributed by atoms with E-state index in [2.05, 4.69) is 23.2 Å². The fourth-order valence-corrected chi connectivity index (χ4v) is 5.43. The number of nitrogens with zero attached hydrogens (tertiary/aromatic N) is 2. The Bertz CT molecular complexity index is 1030. The van der Waals surface area contributed by atoms with Crippen LogP contribution in [0.4, 0.5) is 0 Å². The van der Waals surface area contributed by atoms with Crippen molar-refractivity contribution in [1.29, 1.82) is 0 Å². The molecule has 0 spiro atoms. The second-order valence-electron chi connectivity index (χ2n) is 8.01. The van der Waals surface area contributed by atoms with E-state index in [1.165, 1.54) is 10.5 Å². The van der Waals surface area contributed by atoms with Gasteiger partial charge in [-0.05, 0) is 30.3 Å². The zero-order valence-corrected chi connectivity index (χ0v) is 17.9. The normalized spacial score (nSPS) is 20.4. The van der Waals surface area contributed by atoms with Gasteiger partial charge in [0.25, 0.3) is 5.91 Å². The topological polar surface area (TPSA) is 56.1 Å². The Kier molecular flexibility index (Phi) is 5.31. The Morgan fingerprint density at radius 1 is 1.20 bits per heavy atom. The number of likely N-dealkylation sites (N-methyl/N-ethyl adjacent to an activating group) is 1. The van der Waals surface area contributed by atoms with Gasteiger partial charge in [0.1, 0.15) is 24.3 Å². The van der Waals surface area contributed by atoms with Crippen molar-refractivity contribution in [2.24, 2.45) is 0 Å². The summed E-state index contributed by atoms with van der Waals surface area (Å²) in [7, 11) is 1.88. The molecule has 156 valence electrons. The van der Waals surface area contributed by atoms with E-state index < -0.39 is 0 Å². The van der Waals surface area contributed by atoms with Gasteiger partial charge >= 0.3 is 0 Å². The van der Waals surface area contributed by atoms with E-state index in [1.54, 1.807) is 11.3 Å². The summed E-state index contributed by atoms with van der Waals surface area (Å²) < 4.78 is 12.6. The molecule has 1 unspecified atom stereocenters.